The molecule has 0 saturated carbocycles. The zero-order valence-electron chi connectivity index (χ0n) is 14.1. The van der Waals surface area contributed by atoms with Crippen molar-refractivity contribution in [3.8, 4) is 0 Å². The molecule has 25 heavy (non-hydrogen) atoms. The second-order valence-electron chi connectivity index (χ2n) is 5.90. The summed E-state index contributed by atoms with van der Waals surface area (Å²) in [5, 5.41) is 4.35. The molecule has 1 unspecified atom stereocenters. The molecule has 0 aliphatic heterocycles. The first kappa shape index (κ1) is 19.3. The van der Waals surface area contributed by atoms with Crippen LogP contribution in [-0.4, -0.2) is 26.2 Å². The molecule has 6 nitrogen and oxygen atoms in total. The van der Waals surface area contributed by atoms with Crippen LogP contribution in [0.1, 0.15) is 31.1 Å². The number of rotatable bonds is 7. The summed E-state index contributed by atoms with van der Waals surface area (Å²) in [4.78, 5) is 23.8. The standard InChI is InChI=1S/C17H20N2O4S2/c1-11(2)16(19-25(22,23)15-5-4-10-24-15)17(21)18-14-8-6-13(7-9-14)12(3)20/h4-11,16,19H,1-3H3,(H,18,21). The lowest BCUT2D eigenvalue weighted by Crippen LogP contribution is -2.46. The van der Waals surface area contributed by atoms with Gasteiger partial charge in [-0.3, -0.25) is 9.59 Å². The second kappa shape index (κ2) is 7.90. The number of carbonyl (C=O) groups excluding carboxylic acids is 2. The highest BCUT2D eigenvalue weighted by molar-refractivity contribution is 7.91. The van der Waals surface area contributed by atoms with Crippen molar-refractivity contribution >= 4 is 38.7 Å². The van der Waals surface area contributed by atoms with Gasteiger partial charge in [0.15, 0.2) is 5.78 Å². The Morgan fingerprint density at radius 1 is 1.08 bits per heavy atom. The van der Waals surface area contributed by atoms with E-state index in [0.717, 1.165) is 11.3 Å². The summed E-state index contributed by atoms with van der Waals surface area (Å²) in [6.45, 7) is 4.99. The van der Waals surface area contributed by atoms with E-state index in [0.29, 0.717) is 11.3 Å². The Morgan fingerprint density at radius 2 is 1.72 bits per heavy atom. The average molecular weight is 380 g/mol. The third-order valence-electron chi connectivity index (χ3n) is 3.55. The SMILES string of the molecule is CC(=O)c1ccc(NC(=O)C(NS(=O)(=O)c2cccs2)C(C)C)cc1. The summed E-state index contributed by atoms with van der Waals surface area (Å²) < 4.78 is 27.4. The van der Waals surface area contributed by atoms with Crippen molar-refractivity contribution in [2.24, 2.45) is 5.92 Å². The van der Waals surface area contributed by atoms with E-state index < -0.39 is 22.0 Å². The van der Waals surface area contributed by atoms with Crippen LogP contribution in [0.5, 0.6) is 0 Å². The molecule has 0 fully saturated rings. The third-order valence-corrected chi connectivity index (χ3v) is 6.39. The molecule has 2 N–H and O–H groups in total. The summed E-state index contributed by atoms with van der Waals surface area (Å²) in [5.74, 6) is -0.765. The molecule has 2 aromatic rings. The number of amides is 1. The lowest BCUT2D eigenvalue weighted by Gasteiger charge is -2.21. The van der Waals surface area contributed by atoms with Crippen LogP contribution in [0.2, 0.25) is 0 Å². The molecule has 1 amide bonds. The number of carbonyl (C=O) groups is 2. The zero-order valence-corrected chi connectivity index (χ0v) is 15.8. The highest BCUT2D eigenvalue weighted by atomic mass is 32.2. The number of anilines is 1. The van der Waals surface area contributed by atoms with E-state index in [9.17, 15) is 18.0 Å². The number of hydrogen-bond donors (Lipinski definition) is 2. The second-order valence-corrected chi connectivity index (χ2v) is 8.79. The topological polar surface area (TPSA) is 92.3 Å². The fourth-order valence-electron chi connectivity index (χ4n) is 2.14. The normalized spacial score (nSPS) is 12.8. The summed E-state index contributed by atoms with van der Waals surface area (Å²) in [6, 6.07) is 8.65. The Morgan fingerprint density at radius 3 is 2.20 bits per heavy atom. The molecule has 134 valence electrons. The van der Waals surface area contributed by atoms with E-state index in [4.69, 9.17) is 0 Å². The smallest absolute Gasteiger partial charge is 0.250 e. The van der Waals surface area contributed by atoms with Crippen LogP contribution in [0.4, 0.5) is 5.69 Å². The Bertz CT molecular complexity index is 841. The summed E-state index contributed by atoms with van der Waals surface area (Å²) >= 11 is 1.09. The van der Waals surface area contributed by atoms with Gasteiger partial charge in [0.1, 0.15) is 10.3 Å². The number of nitrogens with one attached hydrogen (secondary N) is 2. The number of benzene rings is 1. The number of hydrogen-bond acceptors (Lipinski definition) is 5. The summed E-state index contributed by atoms with van der Waals surface area (Å²) in [5.41, 5.74) is 1.03. The predicted octanol–water partition coefficient (Wildman–Crippen LogP) is 2.89. The molecule has 0 aliphatic carbocycles. The van der Waals surface area contributed by atoms with Gasteiger partial charge in [-0.1, -0.05) is 19.9 Å². The number of ketones is 1. The van der Waals surface area contributed by atoms with Crippen LogP contribution < -0.4 is 10.0 Å². The van der Waals surface area contributed by atoms with Gasteiger partial charge in [-0.25, -0.2) is 8.42 Å². The summed E-state index contributed by atoms with van der Waals surface area (Å²) in [7, 11) is -3.75. The molecule has 8 heteroatoms. The molecule has 0 radical (unpaired) electrons. The van der Waals surface area contributed by atoms with Crippen molar-refractivity contribution in [3.05, 3.63) is 47.3 Å². The fraction of sp³-hybridized carbons (Fsp3) is 0.294. The molecule has 0 spiro atoms. The maximum absolute atomic E-state index is 12.5. The molecule has 0 saturated heterocycles. The van der Waals surface area contributed by atoms with Gasteiger partial charge < -0.3 is 5.32 Å². The van der Waals surface area contributed by atoms with Gasteiger partial charge in [-0.2, -0.15) is 4.72 Å². The monoisotopic (exact) mass is 380 g/mol. The highest BCUT2D eigenvalue weighted by Gasteiger charge is 2.28. The molecule has 1 aromatic heterocycles. The zero-order chi connectivity index (χ0) is 18.6. The molecule has 0 aliphatic rings. The number of Topliss-reactive ketones (excluding diaryl/α,β-unsaturated/α-hetero) is 1. The number of thiophene rings is 1. The average Bonchev–Trinajstić information content (AvgIpc) is 3.08. The molecule has 1 heterocycles. The molecular weight excluding hydrogens is 360 g/mol. The maximum atomic E-state index is 12.5. The van der Waals surface area contributed by atoms with Gasteiger partial charge in [0.05, 0.1) is 0 Å². The van der Waals surface area contributed by atoms with Gasteiger partial charge >= 0.3 is 0 Å². The first-order valence-corrected chi connectivity index (χ1v) is 10.0. The van der Waals surface area contributed by atoms with Crippen LogP contribution in [0.3, 0.4) is 0 Å². The lowest BCUT2D eigenvalue weighted by atomic mass is 10.0. The summed E-state index contributed by atoms with van der Waals surface area (Å²) in [6.07, 6.45) is 0. The third kappa shape index (κ3) is 4.97. The molecule has 1 aromatic carbocycles. The van der Waals surface area contributed by atoms with Crippen molar-refractivity contribution in [1.29, 1.82) is 0 Å². The predicted molar refractivity (Wildman–Crippen MR) is 98.3 cm³/mol. The Balaban J connectivity index is 2.14. The maximum Gasteiger partial charge on any atom is 0.250 e. The van der Waals surface area contributed by atoms with E-state index in [2.05, 4.69) is 10.0 Å². The van der Waals surface area contributed by atoms with Crippen LogP contribution >= 0.6 is 11.3 Å². The first-order valence-electron chi connectivity index (χ1n) is 7.68. The highest BCUT2D eigenvalue weighted by Crippen LogP contribution is 2.18. The molecule has 2 rings (SSSR count). The van der Waals surface area contributed by atoms with Gasteiger partial charge in [0.2, 0.25) is 5.91 Å². The minimum absolute atomic E-state index is 0.0679. The van der Waals surface area contributed by atoms with E-state index in [1.165, 1.54) is 13.0 Å². The van der Waals surface area contributed by atoms with Gasteiger partial charge in [-0.15, -0.1) is 11.3 Å². The molecule has 0 bridgehead atoms. The van der Waals surface area contributed by atoms with E-state index >= 15 is 0 Å². The van der Waals surface area contributed by atoms with E-state index in [1.807, 2.05) is 0 Å². The first-order chi connectivity index (χ1) is 11.7. The largest absolute Gasteiger partial charge is 0.325 e. The Hall–Kier alpha value is -2.03. The van der Waals surface area contributed by atoms with Crippen molar-refractivity contribution < 1.29 is 18.0 Å². The molecular formula is C17H20N2O4S2. The van der Waals surface area contributed by atoms with Crippen molar-refractivity contribution in [2.75, 3.05) is 5.32 Å². The Labute approximate surface area is 151 Å². The lowest BCUT2D eigenvalue weighted by molar-refractivity contribution is -0.118. The molecule has 1 atom stereocenters. The van der Waals surface area contributed by atoms with Crippen LogP contribution in [-0.2, 0) is 14.8 Å². The van der Waals surface area contributed by atoms with Crippen molar-refractivity contribution in [3.63, 3.8) is 0 Å². The van der Waals surface area contributed by atoms with Gasteiger partial charge in [-0.05, 0) is 48.6 Å². The van der Waals surface area contributed by atoms with E-state index in [1.54, 1.807) is 49.6 Å². The van der Waals surface area contributed by atoms with Crippen molar-refractivity contribution in [2.45, 2.75) is 31.0 Å². The van der Waals surface area contributed by atoms with Gasteiger partial charge in [0.25, 0.3) is 10.0 Å². The Kier molecular flexibility index (Phi) is 6.10. The fourth-order valence-corrected chi connectivity index (χ4v) is 4.50. The van der Waals surface area contributed by atoms with Crippen LogP contribution in [0, 0.1) is 5.92 Å². The minimum Gasteiger partial charge on any atom is -0.325 e. The quantitative estimate of drug-likeness (QED) is 0.723. The van der Waals surface area contributed by atoms with Gasteiger partial charge in [0, 0.05) is 11.3 Å². The van der Waals surface area contributed by atoms with Crippen LogP contribution in [0.25, 0.3) is 0 Å². The minimum atomic E-state index is -3.75. The number of sulfonamides is 1. The van der Waals surface area contributed by atoms with Crippen molar-refractivity contribution in [1.82, 2.24) is 4.72 Å². The van der Waals surface area contributed by atoms with Crippen LogP contribution in [0.15, 0.2) is 46.0 Å². The van der Waals surface area contributed by atoms with E-state index in [-0.39, 0.29) is 15.9 Å².